The standard InChI is InChI=1S/C26H22BrN3O2/c27-22-12-14-23(15-13-22)28-17-26(31)30-29-16-20-7-2-4-11-25(20)32-18-21-9-5-8-19-6-1-3-10-24(19)21/h1-16,28H,17-18H2,(H,30,31)/b29-16-. The van der Waals surface area contributed by atoms with Crippen LogP contribution in [0, 0.1) is 0 Å². The number of rotatable bonds is 8. The van der Waals surface area contributed by atoms with Gasteiger partial charge in [-0.2, -0.15) is 5.10 Å². The number of ether oxygens (including phenoxy) is 1. The summed E-state index contributed by atoms with van der Waals surface area (Å²) in [7, 11) is 0. The average molecular weight is 488 g/mol. The molecule has 0 unspecified atom stereocenters. The Kier molecular flexibility index (Phi) is 7.15. The van der Waals surface area contributed by atoms with Crippen molar-refractivity contribution >= 4 is 44.5 Å². The number of para-hydroxylation sites is 1. The van der Waals surface area contributed by atoms with Crippen molar-refractivity contribution in [2.75, 3.05) is 11.9 Å². The molecule has 0 aromatic heterocycles. The van der Waals surface area contributed by atoms with E-state index in [2.05, 4.69) is 56.0 Å². The molecule has 2 N–H and O–H groups in total. The molecule has 0 aliphatic heterocycles. The number of carbonyl (C=O) groups is 1. The molecule has 4 rings (SSSR count). The van der Waals surface area contributed by atoms with E-state index in [1.54, 1.807) is 6.21 Å². The third-order valence-corrected chi connectivity index (χ3v) is 5.40. The minimum atomic E-state index is -0.238. The van der Waals surface area contributed by atoms with Crippen molar-refractivity contribution < 1.29 is 9.53 Å². The van der Waals surface area contributed by atoms with Crippen LogP contribution >= 0.6 is 15.9 Å². The van der Waals surface area contributed by atoms with Crippen molar-refractivity contribution in [1.82, 2.24) is 5.43 Å². The van der Waals surface area contributed by atoms with Gasteiger partial charge in [0.25, 0.3) is 5.91 Å². The van der Waals surface area contributed by atoms with Crippen LogP contribution in [0.3, 0.4) is 0 Å². The number of hydrazone groups is 1. The van der Waals surface area contributed by atoms with Crippen molar-refractivity contribution in [1.29, 1.82) is 0 Å². The van der Waals surface area contributed by atoms with Crippen molar-refractivity contribution in [3.63, 3.8) is 0 Å². The third-order valence-electron chi connectivity index (χ3n) is 4.87. The molecule has 4 aromatic carbocycles. The summed E-state index contributed by atoms with van der Waals surface area (Å²) in [6.45, 7) is 0.563. The zero-order valence-electron chi connectivity index (χ0n) is 17.3. The minimum Gasteiger partial charge on any atom is -0.488 e. The second-order valence-electron chi connectivity index (χ2n) is 7.12. The lowest BCUT2D eigenvalue weighted by Crippen LogP contribution is -2.25. The van der Waals surface area contributed by atoms with Gasteiger partial charge >= 0.3 is 0 Å². The van der Waals surface area contributed by atoms with Crippen LogP contribution in [0.25, 0.3) is 10.8 Å². The van der Waals surface area contributed by atoms with Gasteiger partial charge in [-0.25, -0.2) is 5.43 Å². The topological polar surface area (TPSA) is 62.7 Å². The van der Waals surface area contributed by atoms with Crippen LogP contribution < -0.4 is 15.5 Å². The molecule has 0 fully saturated rings. The SMILES string of the molecule is O=C(CNc1ccc(Br)cc1)N/N=C\c1ccccc1OCc1cccc2ccccc12. The molecule has 0 saturated carbocycles. The van der Waals surface area contributed by atoms with Crippen LogP contribution in [0.5, 0.6) is 5.75 Å². The van der Waals surface area contributed by atoms with Gasteiger partial charge in [0, 0.05) is 15.7 Å². The van der Waals surface area contributed by atoms with Crippen LogP contribution in [0.1, 0.15) is 11.1 Å². The Bertz CT molecular complexity index is 1230. The van der Waals surface area contributed by atoms with Gasteiger partial charge in [-0.3, -0.25) is 4.79 Å². The van der Waals surface area contributed by atoms with Gasteiger partial charge in [-0.15, -0.1) is 0 Å². The van der Waals surface area contributed by atoms with E-state index in [-0.39, 0.29) is 12.5 Å². The number of fused-ring (bicyclic) bond motifs is 1. The lowest BCUT2D eigenvalue weighted by atomic mass is 10.1. The molecular formula is C26H22BrN3O2. The predicted octanol–water partition coefficient (Wildman–Crippen LogP) is 5.74. The van der Waals surface area contributed by atoms with E-state index < -0.39 is 0 Å². The maximum atomic E-state index is 12.1. The largest absolute Gasteiger partial charge is 0.488 e. The lowest BCUT2D eigenvalue weighted by Gasteiger charge is -2.11. The number of hydrogen-bond donors (Lipinski definition) is 2. The first-order valence-corrected chi connectivity index (χ1v) is 11.0. The summed E-state index contributed by atoms with van der Waals surface area (Å²) in [5, 5.41) is 9.49. The summed E-state index contributed by atoms with van der Waals surface area (Å²) in [6, 6.07) is 29.7. The Morgan fingerprint density at radius 1 is 0.906 bits per heavy atom. The Balaban J connectivity index is 1.35. The number of hydrogen-bond acceptors (Lipinski definition) is 4. The Morgan fingerprint density at radius 2 is 1.66 bits per heavy atom. The third kappa shape index (κ3) is 5.74. The molecule has 0 aliphatic rings. The first kappa shape index (κ1) is 21.6. The molecule has 0 heterocycles. The monoisotopic (exact) mass is 487 g/mol. The molecule has 6 heteroatoms. The van der Waals surface area contributed by atoms with E-state index in [0.29, 0.717) is 12.4 Å². The number of benzene rings is 4. The fourth-order valence-electron chi connectivity index (χ4n) is 3.26. The van der Waals surface area contributed by atoms with E-state index in [4.69, 9.17) is 4.74 Å². The van der Waals surface area contributed by atoms with Crippen molar-refractivity contribution in [2.24, 2.45) is 5.10 Å². The smallest absolute Gasteiger partial charge is 0.259 e. The van der Waals surface area contributed by atoms with E-state index >= 15 is 0 Å². The number of nitrogens with zero attached hydrogens (tertiary/aromatic N) is 1. The van der Waals surface area contributed by atoms with E-state index in [0.717, 1.165) is 21.3 Å². The zero-order valence-corrected chi connectivity index (χ0v) is 18.9. The Labute approximate surface area is 195 Å². The molecule has 1 amide bonds. The zero-order chi connectivity index (χ0) is 22.2. The quantitative estimate of drug-likeness (QED) is 0.246. The summed E-state index contributed by atoms with van der Waals surface area (Å²) in [6.07, 6.45) is 1.59. The summed E-state index contributed by atoms with van der Waals surface area (Å²) in [4.78, 5) is 12.1. The van der Waals surface area contributed by atoms with Crippen LogP contribution in [0.2, 0.25) is 0 Å². The molecule has 0 spiro atoms. The fraction of sp³-hybridized carbons (Fsp3) is 0.0769. The molecule has 5 nitrogen and oxygen atoms in total. The minimum absolute atomic E-state index is 0.123. The Hall–Kier alpha value is -3.64. The molecule has 0 bridgehead atoms. The summed E-state index contributed by atoms with van der Waals surface area (Å²) < 4.78 is 7.07. The maximum Gasteiger partial charge on any atom is 0.259 e. The van der Waals surface area contributed by atoms with Crippen LogP contribution in [0.4, 0.5) is 5.69 Å². The highest BCUT2D eigenvalue weighted by atomic mass is 79.9. The summed E-state index contributed by atoms with van der Waals surface area (Å²) in [5.74, 6) is 0.463. The van der Waals surface area contributed by atoms with Crippen LogP contribution in [-0.4, -0.2) is 18.7 Å². The van der Waals surface area contributed by atoms with Gasteiger partial charge in [0.1, 0.15) is 12.4 Å². The number of nitrogens with one attached hydrogen (secondary N) is 2. The summed E-state index contributed by atoms with van der Waals surface area (Å²) in [5.41, 5.74) is 5.30. The normalized spacial score (nSPS) is 10.9. The van der Waals surface area contributed by atoms with Crippen molar-refractivity contribution in [2.45, 2.75) is 6.61 Å². The summed E-state index contributed by atoms with van der Waals surface area (Å²) >= 11 is 3.39. The Morgan fingerprint density at radius 3 is 2.53 bits per heavy atom. The first-order chi connectivity index (χ1) is 15.7. The molecular weight excluding hydrogens is 466 g/mol. The molecule has 0 aliphatic carbocycles. The first-order valence-electron chi connectivity index (χ1n) is 10.2. The molecule has 0 saturated heterocycles. The number of halogens is 1. The number of anilines is 1. The van der Waals surface area contributed by atoms with Gasteiger partial charge in [0.2, 0.25) is 0 Å². The van der Waals surface area contributed by atoms with E-state index in [1.165, 1.54) is 10.8 Å². The lowest BCUT2D eigenvalue weighted by molar-refractivity contribution is -0.119. The number of carbonyl (C=O) groups excluding carboxylic acids is 1. The molecule has 0 atom stereocenters. The van der Waals surface area contributed by atoms with Gasteiger partial charge in [-0.05, 0) is 52.7 Å². The van der Waals surface area contributed by atoms with Gasteiger partial charge in [0.15, 0.2) is 0 Å². The predicted molar refractivity (Wildman–Crippen MR) is 133 cm³/mol. The van der Waals surface area contributed by atoms with E-state index in [1.807, 2.05) is 66.7 Å². The molecule has 160 valence electrons. The van der Waals surface area contributed by atoms with Gasteiger partial charge < -0.3 is 10.1 Å². The maximum absolute atomic E-state index is 12.1. The van der Waals surface area contributed by atoms with Crippen LogP contribution in [0.15, 0.2) is 101 Å². The molecule has 4 aromatic rings. The van der Waals surface area contributed by atoms with Crippen molar-refractivity contribution in [3.8, 4) is 5.75 Å². The van der Waals surface area contributed by atoms with Crippen LogP contribution in [-0.2, 0) is 11.4 Å². The fourth-order valence-corrected chi connectivity index (χ4v) is 3.52. The molecule has 0 radical (unpaired) electrons. The average Bonchev–Trinajstić information content (AvgIpc) is 2.83. The van der Waals surface area contributed by atoms with Gasteiger partial charge in [0.05, 0.1) is 12.8 Å². The van der Waals surface area contributed by atoms with Crippen molar-refractivity contribution in [3.05, 3.63) is 107 Å². The highest BCUT2D eigenvalue weighted by Crippen LogP contribution is 2.22. The second-order valence-corrected chi connectivity index (χ2v) is 8.03. The second kappa shape index (κ2) is 10.6. The van der Waals surface area contributed by atoms with E-state index in [9.17, 15) is 4.79 Å². The van der Waals surface area contributed by atoms with Gasteiger partial charge in [-0.1, -0.05) is 70.5 Å². The highest BCUT2D eigenvalue weighted by Gasteiger charge is 2.05. The number of amides is 1. The molecule has 32 heavy (non-hydrogen) atoms. The highest BCUT2D eigenvalue weighted by molar-refractivity contribution is 9.10.